The molecule has 0 aliphatic rings. The van der Waals surface area contributed by atoms with Gasteiger partial charge in [-0.1, -0.05) is 25.8 Å². The van der Waals surface area contributed by atoms with Crippen LogP contribution in [0.25, 0.3) is 0 Å². The number of hydrazone groups is 1. The zero-order valence-corrected chi connectivity index (χ0v) is 10.6. The van der Waals surface area contributed by atoms with Crippen LogP contribution in [-0.4, -0.2) is 10.9 Å². The molecule has 1 atom stereocenters. The Labute approximate surface area is 107 Å². The summed E-state index contributed by atoms with van der Waals surface area (Å²) in [5, 5.41) is 13.7. The van der Waals surface area contributed by atoms with Crippen molar-refractivity contribution in [1.82, 2.24) is 5.43 Å². The van der Waals surface area contributed by atoms with Crippen LogP contribution < -0.4 is 22.8 Å². The average molecular weight is 251 g/mol. The molecule has 18 heavy (non-hydrogen) atoms. The van der Waals surface area contributed by atoms with E-state index in [2.05, 4.69) is 17.5 Å². The van der Waals surface area contributed by atoms with Gasteiger partial charge in [0, 0.05) is 11.3 Å². The zero-order valence-electron chi connectivity index (χ0n) is 10.6. The molecule has 0 amide bonds. The van der Waals surface area contributed by atoms with Crippen molar-refractivity contribution in [2.24, 2.45) is 16.8 Å². The van der Waals surface area contributed by atoms with Gasteiger partial charge in [-0.3, -0.25) is 0 Å². The fourth-order valence-corrected chi connectivity index (χ4v) is 1.81. The van der Waals surface area contributed by atoms with Crippen LogP contribution in [0.15, 0.2) is 23.3 Å². The van der Waals surface area contributed by atoms with Crippen LogP contribution in [0.2, 0.25) is 0 Å². The van der Waals surface area contributed by atoms with E-state index in [1.807, 2.05) is 0 Å². The number of amidine groups is 1. The van der Waals surface area contributed by atoms with Crippen molar-refractivity contribution in [2.75, 3.05) is 5.73 Å². The van der Waals surface area contributed by atoms with Crippen molar-refractivity contribution in [3.63, 3.8) is 0 Å². The lowest BCUT2D eigenvalue weighted by Crippen LogP contribution is -2.33. The molecule has 8 N–H and O–H groups in total. The molecule has 0 aliphatic heterocycles. The SMILES string of the molecule is CCCCC(O)c1ccc(N)cc1/C(=N/N)NN. The molecule has 0 spiro atoms. The largest absolute Gasteiger partial charge is 0.399 e. The molecule has 0 fully saturated rings. The number of anilines is 1. The van der Waals surface area contributed by atoms with E-state index in [4.69, 9.17) is 17.4 Å². The summed E-state index contributed by atoms with van der Waals surface area (Å²) >= 11 is 0. The topological polar surface area (TPSA) is 123 Å². The van der Waals surface area contributed by atoms with E-state index in [1.165, 1.54) is 0 Å². The molecule has 1 aromatic carbocycles. The number of hydrogen-bond acceptors (Lipinski definition) is 5. The van der Waals surface area contributed by atoms with Gasteiger partial charge in [0.1, 0.15) is 0 Å². The second-order valence-electron chi connectivity index (χ2n) is 4.13. The van der Waals surface area contributed by atoms with E-state index in [1.54, 1.807) is 18.2 Å². The second-order valence-corrected chi connectivity index (χ2v) is 4.13. The monoisotopic (exact) mass is 251 g/mol. The van der Waals surface area contributed by atoms with Crippen LogP contribution in [0.5, 0.6) is 0 Å². The Morgan fingerprint density at radius 2 is 2.22 bits per heavy atom. The van der Waals surface area contributed by atoms with E-state index in [0.29, 0.717) is 23.5 Å². The van der Waals surface area contributed by atoms with Crippen molar-refractivity contribution >= 4 is 11.5 Å². The second kappa shape index (κ2) is 6.83. The highest BCUT2D eigenvalue weighted by Crippen LogP contribution is 2.24. The summed E-state index contributed by atoms with van der Waals surface area (Å²) in [6, 6.07) is 5.20. The lowest BCUT2D eigenvalue weighted by molar-refractivity contribution is 0.164. The molecule has 1 unspecified atom stereocenters. The minimum absolute atomic E-state index is 0.299. The molecule has 1 aromatic rings. The van der Waals surface area contributed by atoms with Gasteiger partial charge in [-0.2, -0.15) is 5.10 Å². The zero-order chi connectivity index (χ0) is 13.5. The van der Waals surface area contributed by atoms with E-state index in [9.17, 15) is 5.11 Å². The summed E-state index contributed by atoms with van der Waals surface area (Å²) in [6.45, 7) is 2.07. The number of hydrogen-bond donors (Lipinski definition) is 5. The first-order chi connectivity index (χ1) is 8.63. The maximum Gasteiger partial charge on any atom is 0.167 e. The minimum Gasteiger partial charge on any atom is -0.399 e. The molecule has 6 nitrogen and oxygen atoms in total. The van der Waals surface area contributed by atoms with Gasteiger partial charge in [0.2, 0.25) is 0 Å². The van der Waals surface area contributed by atoms with Crippen LogP contribution >= 0.6 is 0 Å². The average Bonchev–Trinajstić information content (AvgIpc) is 2.37. The van der Waals surface area contributed by atoms with Crippen molar-refractivity contribution in [3.8, 4) is 0 Å². The molecule has 100 valence electrons. The third-order valence-corrected chi connectivity index (χ3v) is 2.79. The lowest BCUT2D eigenvalue weighted by atomic mass is 9.97. The Balaban J connectivity index is 3.10. The summed E-state index contributed by atoms with van der Waals surface area (Å²) < 4.78 is 0. The standard InChI is InChI=1S/C12H21N5O/c1-2-3-4-11(18)9-6-5-8(13)7-10(9)12(16-14)17-15/h5-7,11,18H,2-4,13-15H2,1H3,(H,16,17). The third kappa shape index (κ3) is 3.35. The number of nitrogens with zero attached hydrogens (tertiary/aromatic N) is 1. The Bertz CT molecular complexity index is 419. The summed E-state index contributed by atoms with van der Waals surface area (Å²) in [6.07, 6.45) is 2.06. The highest BCUT2D eigenvalue weighted by molar-refractivity contribution is 6.00. The summed E-state index contributed by atoms with van der Waals surface area (Å²) in [7, 11) is 0. The number of rotatable bonds is 5. The number of aliphatic hydroxyl groups excluding tert-OH is 1. The number of benzene rings is 1. The molecule has 0 saturated carbocycles. The Kier molecular flexibility index (Phi) is 5.41. The predicted molar refractivity (Wildman–Crippen MR) is 73.4 cm³/mol. The number of nitrogens with one attached hydrogen (secondary N) is 1. The van der Waals surface area contributed by atoms with Gasteiger partial charge in [0.05, 0.1) is 6.10 Å². The Hall–Kier alpha value is -1.79. The number of nitrogen functional groups attached to an aromatic ring is 1. The Morgan fingerprint density at radius 3 is 2.78 bits per heavy atom. The van der Waals surface area contributed by atoms with Crippen molar-refractivity contribution in [2.45, 2.75) is 32.3 Å². The molecule has 0 radical (unpaired) electrons. The van der Waals surface area contributed by atoms with Crippen molar-refractivity contribution in [1.29, 1.82) is 0 Å². The van der Waals surface area contributed by atoms with E-state index in [-0.39, 0.29) is 0 Å². The normalized spacial score (nSPS) is 13.4. The van der Waals surface area contributed by atoms with Crippen LogP contribution in [-0.2, 0) is 0 Å². The minimum atomic E-state index is -0.578. The maximum absolute atomic E-state index is 10.2. The Morgan fingerprint density at radius 1 is 1.50 bits per heavy atom. The summed E-state index contributed by atoms with van der Waals surface area (Å²) in [5.74, 6) is 10.9. The van der Waals surface area contributed by atoms with Crippen LogP contribution in [0.4, 0.5) is 5.69 Å². The number of unbranched alkanes of at least 4 members (excludes halogenated alkanes) is 1. The van der Waals surface area contributed by atoms with Gasteiger partial charge >= 0.3 is 0 Å². The van der Waals surface area contributed by atoms with Gasteiger partial charge in [-0.25, -0.2) is 5.84 Å². The van der Waals surface area contributed by atoms with Crippen LogP contribution in [0.1, 0.15) is 43.4 Å². The van der Waals surface area contributed by atoms with E-state index in [0.717, 1.165) is 18.4 Å². The van der Waals surface area contributed by atoms with Gasteiger partial charge in [-0.05, 0) is 24.1 Å². The maximum atomic E-state index is 10.2. The van der Waals surface area contributed by atoms with Gasteiger partial charge in [-0.15, -0.1) is 0 Å². The molecule has 0 heterocycles. The van der Waals surface area contributed by atoms with Crippen LogP contribution in [0, 0.1) is 0 Å². The summed E-state index contributed by atoms with van der Waals surface area (Å²) in [4.78, 5) is 0. The van der Waals surface area contributed by atoms with E-state index < -0.39 is 6.10 Å². The highest BCUT2D eigenvalue weighted by atomic mass is 16.3. The molecule has 0 bridgehead atoms. The first kappa shape index (κ1) is 14.3. The molecule has 6 heteroatoms. The summed E-state index contributed by atoms with van der Waals surface area (Å²) in [5.41, 5.74) is 10.0. The first-order valence-corrected chi connectivity index (χ1v) is 5.96. The molecule has 1 rings (SSSR count). The third-order valence-electron chi connectivity index (χ3n) is 2.79. The quantitative estimate of drug-likeness (QED) is 0.172. The lowest BCUT2D eigenvalue weighted by Gasteiger charge is -2.16. The molecular formula is C12H21N5O. The molecule has 0 aliphatic carbocycles. The molecular weight excluding hydrogens is 230 g/mol. The van der Waals surface area contributed by atoms with Gasteiger partial charge < -0.3 is 22.1 Å². The smallest absolute Gasteiger partial charge is 0.167 e. The molecule has 0 aromatic heterocycles. The fraction of sp³-hybridized carbons (Fsp3) is 0.417. The first-order valence-electron chi connectivity index (χ1n) is 5.96. The number of hydrazine groups is 1. The number of aliphatic hydroxyl groups is 1. The van der Waals surface area contributed by atoms with Crippen LogP contribution in [0.3, 0.4) is 0 Å². The van der Waals surface area contributed by atoms with Gasteiger partial charge in [0.25, 0.3) is 0 Å². The fourth-order valence-electron chi connectivity index (χ4n) is 1.81. The van der Waals surface area contributed by atoms with Crippen molar-refractivity contribution < 1.29 is 5.11 Å². The van der Waals surface area contributed by atoms with Crippen molar-refractivity contribution in [3.05, 3.63) is 29.3 Å². The number of nitrogens with two attached hydrogens (primary N) is 3. The predicted octanol–water partition coefficient (Wildman–Crippen LogP) is 0.576. The van der Waals surface area contributed by atoms with E-state index >= 15 is 0 Å². The van der Waals surface area contributed by atoms with Gasteiger partial charge in [0.15, 0.2) is 5.84 Å². The highest BCUT2D eigenvalue weighted by Gasteiger charge is 2.15. The molecule has 0 saturated heterocycles.